The van der Waals surface area contributed by atoms with Crippen molar-refractivity contribution in [2.75, 3.05) is 6.61 Å². The number of ether oxygens (including phenoxy) is 2. The van der Waals surface area contributed by atoms with Crippen LogP contribution in [0.2, 0.25) is 0 Å². The molecular formula is C10H18O2. The highest BCUT2D eigenvalue weighted by molar-refractivity contribution is 5.02. The highest BCUT2D eigenvalue weighted by atomic mass is 16.7. The van der Waals surface area contributed by atoms with Crippen LogP contribution in [0, 0.1) is 0 Å². The van der Waals surface area contributed by atoms with E-state index in [9.17, 15) is 0 Å². The van der Waals surface area contributed by atoms with Gasteiger partial charge in [-0.05, 0) is 33.1 Å². The molecule has 0 saturated heterocycles. The standard InChI is InChI=1S/C10H18O2/c1-4-11-9(3)12-10-6-5-8(2)7-10/h9-10H,2,4-7H2,1,3H3. The van der Waals surface area contributed by atoms with Gasteiger partial charge in [0, 0.05) is 6.61 Å². The monoisotopic (exact) mass is 170 g/mol. The zero-order valence-electron chi connectivity index (χ0n) is 8.01. The molecule has 0 N–H and O–H groups in total. The van der Waals surface area contributed by atoms with Crippen LogP contribution in [0.5, 0.6) is 0 Å². The van der Waals surface area contributed by atoms with Crippen molar-refractivity contribution in [1.29, 1.82) is 0 Å². The smallest absolute Gasteiger partial charge is 0.155 e. The average Bonchev–Trinajstić information content (AvgIpc) is 2.36. The number of hydrogen-bond acceptors (Lipinski definition) is 2. The third kappa shape index (κ3) is 2.95. The summed E-state index contributed by atoms with van der Waals surface area (Å²) in [6.07, 6.45) is 3.52. The highest BCUT2D eigenvalue weighted by Gasteiger charge is 2.20. The van der Waals surface area contributed by atoms with Crippen LogP contribution in [0.3, 0.4) is 0 Å². The molecule has 1 aliphatic carbocycles. The molecule has 0 heterocycles. The van der Waals surface area contributed by atoms with E-state index in [1.807, 2.05) is 13.8 Å². The summed E-state index contributed by atoms with van der Waals surface area (Å²) in [5, 5.41) is 0. The van der Waals surface area contributed by atoms with Gasteiger partial charge in [0.15, 0.2) is 6.29 Å². The summed E-state index contributed by atoms with van der Waals surface area (Å²) in [5.74, 6) is 0. The Morgan fingerprint density at radius 3 is 2.92 bits per heavy atom. The van der Waals surface area contributed by atoms with E-state index in [0.717, 1.165) is 25.9 Å². The first-order valence-corrected chi connectivity index (χ1v) is 4.66. The van der Waals surface area contributed by atoms with Crippen LogP contribution in [0.25, 0.3) is 0 Å². The molecule has 2 heteroatoms. The SMILES string of the molecule is C=C1CCC(OC(C)OCC)C1. The molecular weight excluding hydrogens is 152 g/mol. The van der Waals surface area contributed by atoms with Crippen LogP contribution in [0.1, 0.15) is 33.1 Å². The van der Waals surface area contributed by atoms with Crippen molar-refractivity contribution in [2.45, 2.75) is 45.5 Å². The Morgan fingerprint density at radius 2 is 2.42 bits per heavy atom. The molecule has 1 aliphatic rings. The van der Waals surface area contributed by atoms with E-state index in [4.69, 9.17) is 9.47 Å². The summed E-state index contributed by atoms with van der Waals surface area (Å²) in [4.78, 5) is 0. The van der Waals surface area contributed by atoms with Crippen LogP contribution in [0.4, 0.5) is 0 Å². The van der Waals surface area contributed by atoms with Crippen LogP contribution >= 0.6 is 0 Å². The van der Waals surface area contributed by atoms with Crippen molar-refractivity contribution in [3.05, 3.63) is 12.2 Å². The van der Waals surface area contributed by atoms with Crippen LogP contribution in [0.15, 0.2) is 12.2 Å². The van der Waals surface area contributed by atoms with Crippen LogP contribution in [-0.4, -0.2) is 19.0 Å². The molecule has 0 aliphatic heterocycles. The van der Waals surface area contributed by atoms with Gasteiger partial charge in [0.1, 0.15) is 0 Å². The maximum atomic E-state index is 5.64. The van der Waals surface area contributed by atoms with Gasteiger partial charge >= 0.3 is 0 Å². The molecule has 0 radical (unpaired) electrons. The van der Waals surface area contributed by atoms with Crippen LogP contribution in [-0.2, 0) is 9.47 Å². The van der Waals surface area contributed by atoms with E-state index in [-0.39, 0.29) is 6.29 Å². The van der Waals surface area contributed by atoms with Crippen LogP contribution < -0.4 is 0 Å². The lowest BCUT2D eigenvalue weighted by Gasteiger charge is -2.17. The second kappa shape index (κ2) is 4.63. The molecule has 0 aromatic heterocycles. The zero-order chi connectivity index (χ0) is 8.97. The van der Waals surface area contributed by atoms with E-state index in [0.29, 0.717) is 6.10 Å². The van der Waals surface area contributed by atoms with E-state index in [1.165, 1.54) is 5.57 Å². The van der Waals surface area contributed by atoms with Crippen molar-refractivity contribution in [3.63, 3.8) is 0 Å². The Labute approximate surface area is 74.6 Å². The molecule has 1 rings (SSSR count). The number of rotatable bonds is 4. The Balaban J connectivity index is 2.18. The molecule has 12 heavy (non-hydrogen) atoms. The van der Waals surface area contributed by atoms with Gasteiger partial charge in [-0.2, -0.15) is 0 Å². The fraction of sp³-hybridized carbons (Fsp3) is 0.800. The molecule has 70 valence electrons. The zero-order valence-corrected chi connectivity index (χ0v) is 8.01. The molecule has 0 amide bonds. The Morgan fingerprint density at radius 1 is 1.67 bits per heavy atom. The second-order valence-corrected chi connectivity index (χ2v) is 3.27. The first-order chi connectivity index (χ1) is 5.72. The molecule has 2 nitrogen and oxygen atoms in total. The molecule has 1 saturated carbocycles. The fourth-order valence-corrected chi connectivity index (χ4v) is 1.55. The van der Waals surface area contributed by atoms with E-state index in [1.54, 1.807) is 0 Å². The first-order valence-electron chi connectivity index (χ1n) is 4.66. The normalized spacial score (nSPS) is 26.2. The topological polar surface area (TPSA) is 18.5 Å². The van der Waals surface area contributed by atoms with E-state index >= 15 is 0 Å². The molecule has 0 aromatic carbocycles. The summed E-state index contributed by atoms with van der Waals surface area (Å²) in [7, 11) is 0. The lowest BCUT2D eigenvalue weighted by molar-refractivity contribution is -0.154. The fourth-order valence-electron chi connectivity index (χ4n) is 1.55. The Hall–Kier alpha value is -0.340. The predicted octanol–water partition coefficient (Wildman–Crippen LogP) is 2.49. The van der Waals surface area contributed by atoms with Gasteiger partial charge in [0.2, 0.25) is 0 Å². The molecule has 2 unspecified atom stereocenters. The van der Waals surface area contributed by atoms with E-state index < -0.39 is 0 Å². The second-order valence-electron chi connectivity index (χ2n) is 3.27. The Kier molecular flexibility index (Phi) is 3.76. The molecule has 0 spiro atoms. The van der Waals surface area contributed by atoms with Gasteiger partial charge in [0.25, 0.3) is 0 Å². The predicted molar refractivity (Wildman–Crippen MR) is 49.0 cm³/mol. The van der Waals surface area contributed by atoms with Gasteiger partial charge in [-0.15, -0.1) is 0 Å². The van der Waals surface area contributed by atoms with Gasteiger partial charge in [0.05, 0.1) is 6.10 Å². The maximum Gasteiger partial charge on any atom is 0.155 e. The quantitative estimate of drug-likeness (QED) is 0.476. The summed E-state index contributed by atoms with van der Waals surface area (Å²) in [6.45, 7) is 8.58. The van der Waals surface area contributed by atoms with Crippen molar-refractivity contribution < 1.29 is 9.47 Å². The maximum absolute atomic E-state index is 5.64. The van der Waals surface area contributed by atoms with Gasteiger partial charge in [-0.3, -0.25) is 0 Å². The summed E-state index contributed by atoms with van der Waals surface area (Å²) in [6, 6.07) is 0. The van der Waals surface area contributed by atoms with Crippen molar-refractivity contribution in [2.24, 2.45) is 0 Å². The average molecular weight is 170 g/mol. The summed E-state index contributed by atoms with van der Waals surface area (Å²) >= 11 is 0. The summed E-state index contributed by atoms with van der Waals surface area (Å²) in [5.41, 5.74) is 1.31. The van der Waals surface area contributed by atoms with Gasteiger partial charge in [-0.25, -0.2) is 0 Å². The van der Waals surface area contributed by atoms with E-state index in [2.05, 4.69) is 6.58 Å². The largest absolute Gasteiger partial charge is 0.353 e. The third-order valence-corrected chi connectivity index (χ3v) is 2.12. The van der Waals surface area contributed by atoms with Crippen molar-refractivity contribution in [3.8, 4) is 0 Å². The third-order valence-electron chi connectivity index (χ3n) is 2.12. The minimum Gasteiger partial charge on any atom is -0.353 e. The summed E-state index contributed by atoms with van der Waals surface area (Å²) < 4.78 is 10.9. The van der Waals surface area contributed by atoms with Gasteiger partial charge in [-0.1, -0.05) is 12.2 Å². The molecule has 2 atom stereocenters. The minimum absolute atomic E-state index is 0.0640. The molecule has 0 aromatic rings. The van der Waals surface area contributed by atoms with Crippen molar-refractivity contribution >= 4 is 0 Å². The molecule has 0 bridgehead atoms. The first kappa shape index (κ1) is 9.75. The highest BCUT2D eigenvalue weighted by Crippen LogP contribution is 2.26. The number of hydrogen-bond donors (Lipinski definition) is 0. The lowest BCUT2D eigenvalue weighted by atomic mass is 10.3. The lowest BCUT2D eigenvalue weighted by Crippen LogP contribution is -2.19. The van der Waals surface area contributed by atoms with Gasteiger partial charge < -0.3 is 9.47 Å². The molecule has 1 fully saturated rings. The Bertz CT molecular complexity index is 154. The van der Waals surface area contributed by atoms with Crippen molar-refractivity contribution in [1.82, 2.24) is 0 Å². The minimum atomic E-state index is -0.0640.